The van der Waals surface area contributed by atoms with Gasteiger partial charge in [-0.05, 0) is 32.5 Å². The lowest BCUT2D eigenvalue weighted by Gasteiger charge is -2.33. The SMILES string of the molecule is CCN(Cc1ccc(Cl)s1)C(C)(C)C(=O)O. The minimum absolute atomic E-state index is 0.618. The summed E-state index contributed by atoms with van der Waals surface area (Å²) in [6.07, 6.45) is 0. The van der Waals surface area contributed by atoms with Crippen molar-refractivity contribution in [1.29, 1.82) is 0 Å². The average Bonchev–Trinajstić information content (AvgIpc) is 2.60. The van der Waals surface area contributed by atoms with E-state index in [-0.39, 0.29) is 0 Å². The van der Waals surface area contributed by atoms with Crippen LogP contribution < -0.4 is 0 Å². The van der Waals surface area contributed by atoms with Crippen LogP contribution in [0.4, 0.5) is 0 Å². The van der Waals surface area contributed by atoms with Crippen molar-refractivity contribution < 1.29 is 9.90 Å². The van der Waals surface area contributed by atoms with Crippen LogP contribution in [0.15, 0.2) is 12.1 Å². The van der Waals surface area contributed by atoms with Gasteiger partial charge in [0.05, 0.1) is 4.34 Å². The van der Waals surface area contributed by atoms with E-state index in [9.17, 15) is 4.79 Å². The Balaban J connectivity index is 2.80. The summed E-state index contributed by atoms with van der Waals surface area (Å²) in [7, 11) is 0. The van der Waals surface area contributed by atoms with Gasteiger partial charge < -0.3 is 5.11 Å². The first-order valence-corrected chi connectivity index (χ1v) is 6.30. The van der Waals surface area contributed by atoms with Crippen molar-refractivity contribution in [2.75, 3.05) is 6.54 Å². The number of likely N-dealkylation sites (N-methyl/N-ethyl adjacent to an activating group) is 1. The van der Waals surface area contributed by atoms with Crippen LogP contribution in [0, 0.1) is 0 Å². The van der Waals surface area contributed by atoms with Crippen molar-refractivity contribution in [3.05, 3.63) is 21.3 Å². The lowest BCUT2D eigenvalue weighted by atomic mass is 10.0. The number of carboxylic acid groups (broad SMARTS) is 1. The highest BCUT2D eigenvalue weighted by molar-refractivity contribution is 7.16. The normalized spacial score (nSPS) is 12.1. The van der Waals surface area contributed by atoms with Gasteiger partial charge in [-0.15, -0.1) is 11.3 Å². The van der Waals surface area contributed by atoms with E-state index in [1.807, 2.05) is 24.0 Å². The molecule has 1 rings (SSSR count). The van der Waals surface area contributed by atoms with Gasteiger partial charge in [-0.1, -0.05) is 18.5 Å². The first-order chi connectivity index (χ1) is 7.37. The summed E-state index contributed by atoms with van der Waals surface area (Å²) in [6.45, 7) is 6.70. The van der Waals surface area contributed by atoms with E-state index in [4.69, 9.17) is 16.7 Å². The van der Waals surface area contributed by atoms with Gasteiger partial charge in [-0.25, -0.2) is 0 Å². The fraction of sp³-hybridized carbons (Fsp3) is 0.545. The summed E-state index contributed by atoms with van der Waals surface area (Å²) in [5.74, 6) is -0.808. The van der Waals surface area contributed by atoms with Crippen LogP contribution in [0.3, 0.4) is 0 Å². The van der Waals surface area contributed by atoms with Crippen LogP contribution in [0.5, 0.6) is 0 Å². The molecule has 1 aromatic rings. The molecule has 3 nitrogen and oxygen atoms in total. The van der Waals surface area contributed by atoms with Crippen molar-refractivity contribution in [3.63, 3.8) is 0 Å². The monoisotopic (exact) mass is 261 g/mol. The molecular weight excluding hydrogens is 246 g/mol. The molecule has 5 heteroatoms. The molecule has 0 aliphatic rings. The molecule has 0 saturated carbocycles. The first kappa shape index (κ1) is 13.5. The lowest BCUT2D eigenvalue weighted by Crippen LogP contribution is -2.49. The van der Waals surface area contributed by atoms with E-state index >= 15 is 0 Å². The Hall–Kier alpha value is -0.580. The minimum Gasteiger partial charge on any atom is -0.480 e. The smallest absolute Gasteiger partial charge is 0.323 e. The molecule has 1 N–H and O–H groups in total. The highest BCUT2D eigenvalue weighted by atomic mass is 35.5. The Bertz CT molecular complexity index is 376. The zero-order valence-corrected chi connectivity index (χ0v) is 11.2. The van der Waals surface area contributed by atoms with Gasteiger partial charge in [-0.2, -0.15) is 0 Å². The summed E-state index contributed by atoms with van der Waals surface area (Å²) in [6, 6.07) is 3.77. The third kappa shape index (κ3) is 2.97. The van der Waals surface area contributed by atoms with Gasteiger partial charge in [-0.3, -0.25) is 9.69 Å². The predicted octanol–water partition coefficient (Wildman–Crippen LogP) is 3.09. The number of rotatable bonds is 5. The fourth-order valence-electron chi connectivity index (χ4n) is 1.46. The molecule has 0 fully saturated rings. The summed E-state index contributed by atoms with van der Waals surface area (Å²) in [4.78, 5) is 14.2. The first-order valence-electron chi connectivity index (χ1n) is 5.10. The quantitative estimate of drug-likeness (QED) is 0.886. The number of nitrogens with zero attached hydrogens (tertiary/aromatic N) is 1. The second-order valence-corrected chi connectivity index (χ2v) is 5.88. The highest BCUT2D eigenvalue weighted by Crippen LogP contribution is 2.25. The van der Waals surface area contributed by atoms with Gasteiger partial charge in [0.15, 0.2) is 0 Å². The van der Waals surface area contributed by atoms with Crippen LogP contribution >= 0.6 is 22.9 Å². The van der Waals surface area contributed by atoms with Crippen molar-refractivity contribution in [2.45, 2.75) is 32.9 Å². The molecule has 0 aliphatic heterocycles. The Kier molecular flexibility index (Phi) is 4.35. The van der Waals surface area contributed by atoms with E-state index < -0.39 is 11.5 Å². The molecule has 0 saturated heterocycles. The number of halogens is 1. The molecule has 0 atom stereocenters. The van der Waals surface area contributed by atoms with Crippen molar-refractivity contribution in [3.8, 4) is 0 Å². The molecule has 1 aromatic heterocycles. The van der Waals surface area contributed by atoms with Gasteiger partial charge in [0.2, 0.25) is 0 Å². The van der Waals surface area contributed by atoms with Crippen LogP contribution in [-0.4, -0.2) is 28.1 Å². The minimum atomic E-state index is -0.856. The van der Waals surface area contributed by atoms with E-state index in [1.165, 1.54) is 11.3 Å². The maximum Gasteiger partial charge on any atom is 0.323 e. The van der Waals surface area contributed by atoms with Gasteiger partial charge in [0, 0.05) is 11.4 Å². The molecule has 0 aliphatic carbocycles. The summed E-state index contributed by atoms with van der Waals surface area (Å²) >= 11 is 7.34. The Morgan fingerprint density at radius 3 is 2.56 bits per heavy atom. The molecule has 0 radical (unpaired) electrons. The highest BCUT2D eigenvalue weighted by Gasteiger charge is 2.33. The largest absolute Gasteiger partial charge is 0.480 e. The maximum absolute atomic E-state index is 11.2. The molecule has 1 heterocycles. The molecule has 0 bridgehead atoms. The standard InChI is InChI=1S/C11H16ClNO2S/c1-4-13(11(2,3)10(14)15)7-8-5-6-9(12)16-8/h5-6H,4,7H2,1-3H3,(H,14,15). The number of aliphatic carboxylic acids is 1. The van der Waals surface area contributed by atoms with Crippen LogP contribution in [0.1, 0.15) is 25.6 Å². The fourth-order valence-corrected chi connectivity index (χ4v) is 2.57. The molecule has 0 unspecified atom stereocenters. The number of carboxylic acids is 1. The molecule has 0 aromatic carbocycles. The van der Waals surface area contributed by atoms with Crippen molar-refractivity contribution in [1.82, 2.24) is 4.90 Å². The molecule has 0 spiro atoms. The lowest BCUT2D eigenvalue weighted by molar-refractivity contribution is -0.149. The molecule has 16 heavy (non-hydrogen) atoms. The van der Waals surface area contributed by atoms with E-state index in [1.54, 1.807) is 13.8 Å². The Labute approximate surface area is 105 Å². The number of hydrogen-bond acceptors (Lipinski definition) is 3. The second kappa shape index (κ2) is 5.17. The summed E-state index contributed by atoms with van der Waals surface area (Å²) in [5.41, 5.74) is -0.856. The Morgan fingerprint density at radius 1 is 1.56 bits per heavy atom. The van der Waals surface area contributed by atoms with Crippen LogP contribution in [0.25, 0.3) is 0 Å². The summed E-state index contributed by atoms with van der Waals surface area (Å²) < 4.78 is 0.735. The zero-order chi connectivity index (χ0) is 12.3. The second-order valence-electron chi connectivity index (χ2n) is 4.08. The van der Waals surface area contributed by atoms with Gasteiger partial charge >= 0.3 is 5.97 Å². The zero-order valence-electron chi connectivity index (χ0n) is 9.66. The average molecular weight is 262 g/mol. The van der Waals surface area contributed by atoms with E-state index in [2.05, 4.69) is 0 Å². The van der Waals surface area contributed by atoms with Crippen LogP contribution in [-0.2, 0) is 11.3 Å². The van der Waals surface area contributed by atoms with Gasteiger partial charge in [0.25, 0.3) is 0 Å². The van der Waals surface area contributed by atoms with E-state index in [0.717, 1.165) is 9.21 Å². The number of carbonyl (C=O) groups is 1. The topological polar surface area (TPSA) is 40.5 Å². The Morgan fingerprint density at radius 2 is 2.19 bits per heavy atom. The maximum atomic E-state index is 11.2. The third-order valence-corrected chi connectivity index (χ3v) is 3.89. The van der Waals surface area contributed by atoms with Crippen molar-refractivity contribution in [2.24, 2.45) is 0 Å². The van der Waals surface area contributed by atoms with Crippen LogP contribution in [0.2, 0.25) is 4.34 Å². The number of thiophene rings is 1. The number of hydrogen-bond donors (Lipinski definition) is 1. The van der Waals surface area contributed by atoms with Gasteiger partial charge in [0.1, 0.15) is 5.54 Å². The predicted molar refractivity (Wildman–Crippen MR) is 67.1 cm³/mol. The van der Waals surface area contributed by atoms with E-state index in [0.29, 0.717) is 13.1 Å². The molecule has 90 valence electrons. The van der Waals surface area contributed by atoms with Crippen molar-refractivity contribution >= 4 is 28.9 Å². The third-order valence-electron chi connectivity index (χ3n) is 2.67. The molecular formula is C11H16ClNO2S. The summed E-state index contributed by atoms with van der Waals surface area (Å²) in [5, 5.41) is 9.16. The molecule has 0 amide bonds.